The molecular weight excluding hydrogens is 245 g/mol. The minimum atomic E-state index is -0.0912. The zero-order chi connectivity index (χ0) is 11.5. The van der Waals surface area contributed by atoms with Gasteiger partial charge in [0.2, 0.25) is 0 Å². The molecule has 0 aromatic heterocycles. The van der Waals surface area contributed by atoms with Crippen molar-refractivity contribution in [3.05, 3.63) is 33.8 Å². The molecule has 1 aliphatic heterocycles. The Kier molecular flexibility index (Phi) is 4.09. The van der Waals surface area contributed by atoms with Crippen LogP contribution in [0.3, 0.4) is 0 Å². The predicted octanol–water partition coefficient (Wildman–Crippen LogP) is 3.42. The summed E-state index contributed by atoms with van der Waals surface area (Å²) in [6.07, 6.45) is 2.15. The quantitative estimate of drug-likeness (QED) is 0.884. The number of ether oxygens (including phenoxy) is 1. The fourth-order valence-corrected chi connectivity index (χ4v) is 2.51. The number of hydrogen-bond acceptors (Lipinski definition) is 2. The van der Waals surface area contributed by atoms with Crippen LogP contribution in [0.4, 0.5) is 0 Å². The molecule has 1 saturated heterocycles. The Labute approximate surface area is 106 Å². The molecule has 0 spiro atoms. The standard InChI is InChI=1S/C12H15Cl2NO/c13-10-5-1-4-9(11(10)14)12(15)8-3-2-6-16-7-8/h1,4-5,8,12H,2-3,6-7,15H2. The van der Waals surface area contributed by atoms with Crippen molar-refractivity contribution < 1.29 is 4.74 Å². The maximum absolute atomic E-state index is 6.22. The summed E-state index contributed by atoms with van der Waals surface area (Å²) >= 11 is 12.1. The van der Waals surface area contributed by atoms with E-state index in [1.165, 1.54) is 0 Å². The zero-order valence-corrected chi connectivity index (χ0v) is 10.5. The molecule has 1 aromatic rings. The highest BCUT2D eigenvalue weighted by atomic mass is 35.5. The largest absolute Gasteiger partial charge is 0.381 e. The van der Waals surface area contributed by atoms with Crippen molar-refractivity contribution >= 4 is 23.2 Å². The Morgan fingerprint density at radius 2 is 2.19 bits per heavy atom. The average Bonchev–Trinajstić information content (AvgIpc) is 2.33. The van der Waals surface area contributed by atoms with Gasteiger partial charge in [-0.1, -0.05) is 35.3 Å². The Balaban J connectivity index is 2.19. The van der Waals surface area contributed by atoms with Crippen LogP contribution in [0.15, 0.2) is 18.2 Å². The minimum Gasteiger partial charge on any atom is -0.381 e. The van der Waals surface area contributed by atoms with Gasteiger partial charge >= 0.3 is 0 Å². The van der Waals surface area contributed by atoms with Crippen LogP contribution < -0.4 is 5.73 Å². The topological polar surface area (TPSA) is 35.2 Å². The minimum absolute atomic E-state index is 0.0912. The molecule has 1 aliphatic rings. The molecule has 88 valence electrons. The Morgan fingerprint density at radius 1 is 1.38 bits per heavy atom. The first-order valence-electron chi connectivity index (χ1n) is 5.47. The Hall–Kier alpha value is -0.280. The van der Waals surface area contributed by atoms with Crippen molar-refractivity contribution in [1.29, 1.82) is 0 Å². The third kappa shape index (κ3) is 2.51. The second-order valence-electron chi connectivity index (χ2n) is 4.15. The van der Waals surface area contributed by atoms with Gasteiger partial charge in [-0.05, 0) is 24.5 Å². The van der Waals surface area contributed by atoms with E-state index in [9.17, 15) is 0 Å². The summed E-state index contributed by atoms with van der Waals surface area (Å²) in [6.45, 7) is 1.55. The fourth-order valence-electron chi connectivity index (χ4n) is 2.08. The SMILES string of the molecule is NC(c1cccc(Cl)c1Cl)C1CCCOC1. The maximum atomic E-state index is 6.22. The Bertz CT molecular complexity index is 364. The lowest BCUT2D eigenvalue weighted by atomic mass is 9.89. The molecule has 1 aromatic carbocycles. The van der Waals surface area contributed by atoms with E-state index in [1.807, 2.05) is 12.1 Å². The van der Waals surface area contributed by atoms with E-state index < -0.39 is 0 Å². The normalized spacial score (nSPS) is 23.1. The molecule has 0 bridgehead atoms. The Morgan fingerprint density at radius 3 is 2.88 bits per heavy atom. The van der Waals surface area contributed by atoms with Crippen LogP contribution >= 0.6 is 23.2 Å². The first-order chi connectivity index (χ1) is 7.70. The molecule has 2 rings (SSSR count). The molecule has 4 heteroatoms. The summed E-state index contributed by atoms with van der Waals surface area (Å²) in [5, 5.41) is 1.13. The van der Waals surface area contributed by atoms with Gasteiger partial charge in [0.05, 0.1) is 16.7 Å². The summed E-state index contributed by atoms with van der Waals surface area (Å²) < 4.78 is 5.44. The van der Waals surface area contributed by atoms with Gasteiger partial charge in [-0.15, -0.1) is 0 Å². The highest BCUT2D eigenvalue weighted by Crippen LogP contribution is 2.34. The highest BCUT2D eigenvalue weighted by Gasteiger charge is 2.24. The van der Waals surface area contributed by atoms with E-state index in [0.717, 1.165) is 25.0 Å². The summed E-state index contributed by atoms with van der Waals surface area (Å²) in [6, 6.07) is 5.50. The zero-order valence-electron chi connectivity index (χ0n) is 8.96. The smallest absolute Gasteiger partial charge is 0.0640 e. The van der Waals surface area contributed by atoms with Crippen LogP contribution in [0.5, 0.6) is 0 Å². The second-order valence-corrected chi connectivity index (χ2v) is 4.93. The average molecular weight is 260 g/mol. The lowest BCUT2D eigenvalue weighted by molar-refractivity contribution is 0.0448. The predicted molar refractivity (Wildman–Crippen MR) is 66.9 cm³/mol. The van der Waals surface area contributed by atoms with E-state index in [-0.39, 0.29) is 6.04 Å². The first-order valence-corrected chi connectivity index (χ1v) is 6.23. The molecule has 0 radical (unpaired) electrons. The lowest BCUT2D eigenvalue weighted by Gasteiger charge is -2.28. The number of nitrogens with two attached hydrogens (primary N) is 1. The van der Waals surface area contributed by atoms with Crippen LogP contribution in [0.2, 0.25) is 10.0 Å². The first kappa shape index (κ1) is 12.2. The van der Waals surface area contributed by atoms with Crippen LogP contribution in [-0.4, -0.2) is 13.2 Å². The molecule has 2 nitrogen and oxygen atoms in total. The highest BCUT2D eigenvalue weighted by molar-refractivity contribution is 6.42. The lowest BCUT2D eigenvalue weighted by Crippen LogP contribution is -2.29. The van der Waals surface area contributed by atoms with Gasteiger partial charge in [-0.2, -0.15) is 0 Å². The molecule has 1 fully saturated rings. The van der Waals surface area contributed by atoms with E-state index in [0.29, 0.717) is 22.6 Å². The van der Waals surface area contributed by atoms with Crippen LogP contribution in [0.1, 0.15) is 24.4 Å². The molecule has 0 saturated carbocycles. The van der Waals surface area contributed by atoms with Crippen molar-refractivity contribution in [2.24, 2.45) is 11.7 Å². The van der Waals surface area contributed by atoms with Crippen LogP contribution in [0.25, 0.3) is 0 Å². The fraction of sp³-hybridized carbons (Fsp3) is 0.500. The second kappa shape index (κ2) is 5.37. The van der Waals surface area contributed by atoms with E-state index in [4.69, 9.17) is 33.7 Å². The molecule has 2 atom stereocenters. The van der Waals surface area contributed by atoms with Crippen molar-refractivity contribution in [3.8, 4) is 0 Å². The molecule has 16 heavy (non-hydrogen) atoms. The summed E-state index contributed by atoms with van der Waals surface area (Å²) in [4.78, 5) is 0. The maximum Gasteiger partial charge on any atom is 0.0640 e. The van der Waals surface area contributed by atoms with Gasteiger partial charge in [-0.3, -0.25) is 0 Å². The number of hydrogen-bond donors (Lipinski definition) is 1. The monoisotopic (exact) mass is 259 g/mol. The van der Waals surface area contributed by atoms with Gasteiger partial charge in [-0.25, -0.2) is 0 Å². The molecule has 2 unspecified atom stereocenters. The van der Waals surface area contributed by atoms with Crippen LogP contribution in [0, 0.1) is 5.92 Å². The van der Waals surface area contributed by atoms with E-state index in [1.54, 1.807) is 6.07 Å². The van der Waals surface area contributed by atoms with Gasteiger partial charge < -0.3 is 10.5 Å². The molecular formula is C12H15Cl2NO. The summed E-state index contributed by atoms with van der Waals surface area (Å²) in [7, 11) is 0. The van der Waals surface area contributed by atoms with Crippen molar-refractivity contribution in [3.63, 3.8) is 0 Å². The van der Waals surface area contributed by atoms with Gasteiger partial charge in [0.25, 0.3) is 0 Å². The van der Waals surface area contributed by atoms with Crippen molar-refractivity contribution in [2.75, 3.05) is 13.2 Å². The number of benzene rings is 1. The van der Waals surface area contributed by atoms with Gasteiger partial charge in [0.15, 0.2) is 0 Å². The summed E-state index contributed by atoms with van der Waals surface area (Å²) in [5.74, 6) is 0.338. The third-order valence-electron chi connectivity index (χ3n) is 3.04. The number of halogens is 2. The molecule has 0 aliphatic carbocycles. The van der Waals surface area contributed by atoms with Gasteiger partial charge in [0, 0.05) is 18.6 Å². The van der Waals surface area contributed by atoms with Gasteiger partial charge in [0.1, 0.15) is 0 Å². The molecule has 2 N–H and O–H groups in total. The summed E-state index contributed by atoms with van der Waals surface area (Å²) in [5.41, 5.74) is 7.14. The molecule has 1 heterocycles. The third-order valence-corrected chi connectivity index (χ3v) is 3.88. The van der Waals surface area contributed by atoms with E-state index in [2.05, 4.69) is 0 Å². The number of rotatable bonds is 2. The van der Waals surface area contributed by atoms with Crippen molar-refractivity contribution in [1.82, 2.24) is 0 Å². The van der Waals surface area contributed by atoms with Crippen molar-refractivity contribution in [2.45, 2.75) is 18.9 Å². The van der Waals surface area contributed by atoms with Crippen LogP contribution in [-0.2, 0) is 4.74 Å². The van der Waals surface area contributed by atoms with E-state index >= 15 is 0 Å². The molecule has 0 amide bonds.